The van der Waals surface area contributed by atoms with E-state index in [2.05, 4.69) is 21.0 Å². The first-order valence-electron chi connectivity index (χ1n) is 9.66. The number of hydrogen-bond acceptors (Lipinski definition) is 6. The second kappa shape index (κ2) is 8.52. The fourth-order valence-electron chi connectivity index (χ4n) is 3.47. The Morgan fingerprint density at radius 3 is 2.56 bits per heavy atom. The van der Waals surface area contributed by atoms with E-state index >= 15 is 0 Å². The topological polar surface area (TPSA) is 84.7 Å². The van der Waals surface area contributed by atoms with E-state index in [1.165, 1.54) is 42.5 Å². The molecule has 12 heteroatoms. The number of anilines is 3. The van der Waals surface area contributed by atoms with Crippen molar-refractivity contribution in [2.75, 3.05) is 16.7 Å². The van der Waals surface area contributed by atoms with Gasteiger partial charge in [0, 0.05) is 23.4 Å². The highest BCUT2D eigenvalue weighted by molar-refractivity contribution is 7.92. The lowest BCUT2D eigenvalue weighted by Crippen LogP contribution is -2.20. The predicted octanol–water partition coefficient (Wildman–Crippen LogP) is 5.41. The Morgan fingerprint density at radius 1 is 1.15 bits per heavy atom. The zero-order valence-corrected chi connectivity index (χ0v) is 18.4. The van der Waals surface area contributed by atoms with Crippen molar-refractivity contribution in [3.8, 4) is 5.75 Å². The van der Waals surface area contributed by atoms with Gasteiger partial charge in [-0.1, -0.05) is 17.8 Å². The third-order valence-electron chi connectivity index (χ3n) is 4.95. The Balaban J connectivity index is 1.75. The molecule has 7 nitrogen and oxygen atoms in total. The summed E-state index contributed by atoms with van der Waals surface area (Å²) in [4.78, 5) is 1.39. The van der Waals surface area contributed by atoms with Gasteiger partial charge in [0.05, 0.1) is 29.8 Å². The van der Waals surface area contributed by atoms with E-state index in [0.29, 0.717) is 16.9 Å². The van der Waals surface area contributed by atoms with Crippen LogP contribution < -0.4 is 14.4 Å². The minimum atomic E-state index is -4.60. The van der Waals surface area contributed by atoms with Crippen molar-refractivity contribution in [1.82, 2.24) is 5.16 Å². The number of halogens is 4. The fourth-order valence-corrected chi connectivity index (χ4v) is 4.50. The SMILES string of the molecule is C=C1C=Cc2cc(S(=O)(=O)Nc3ccon3)ccc2N1c1cc(F)c(CC(F)(F)F)cc1OC. The number of methoxy groups -OCH3 is 1. The molecule has 34 heavy (non-hydrogen) atoms. The van der Waals surface area contributed by atoms with Crippen molar-refractivity contribution in [3.05, 3.63) is 78.0 Å². The van der Waals surface area contributed by atoms with Crippen LogP contribution in [-0.2, 0) is 16.4 Å². The van der Waals surface area contributed by atoms with Gasteiger partial charge in [-0.15, -0.1) is 0 Å². The molecule has 178 valence electrons. The second-order valence-electron chi connectivity index (χ2n) is 7.28. The third-order valence-corrected chi connectivity index (χ3v) is 6.30. The number of sulfonamides is 1. The standard InChI is InChI=1S/C22H17F4N3O4S/c1-13-3-4-14-9-16(34(30,31)28-21-7-8-33-27-21)5-6-18(14)29(13)19-11-17(23)15(10-20(19)32-2)12-22(24,25)26/h3-11H,1,12H2,2H3,(H,27,28). The van der Waals surface area contributed by atoms with Gasteiger partial charge in [0.15, 0.2) is 5.82 Å². The molecule has 1 aliphatic rings. The molecule has 1 N–H and O–H groups in total. The van der Waals surface area contributed by atoms with Gasteiger partial charge in [0.25, 0.3) is 10.0 Å². The highest BCUT2D eigenvalue weighted by atomic mass is 32.2. The summed E-state index contributed by atoms with van der Waals surface area (Å²) in [5, 5.41) is 3.51. The second-order valence-corrected chi connectivity index (χ2v) is 8.96. The minimum Gasteiger partial charge on any atom is -0.495 e. The van der Waals surface area contributed by atoms with Gasteiger partial charge in [-0.25, -0.2) is 12.8 Å². The van der Waals surface area contributed by atoms with Gasteiger partial charge in [-0.2, -0.15) is 13.2 Å². The largest absolute Gasteiger partial charge is 0.495 e. The van der Waals surface area contributed by atoms with Gasteiger partial charge < -0.3 is 14.2 Å². The Labute approximate surface area is 192 Å². The van der Waals surface area contributed by atoms with E-state index in [0.717, 1.165) is 12.1 Å². The molecule has 4 rings (SSSR count). The Morgan fingerprint density at radius 2 is 1.91 bits per heavy atom. The maximum Gasteiger partial charge on any atom is 0.393 e. The number of hydrogen-bond donors (Lipinski definition) is 1. The molecule has 0 fully saturated rings. The summed E-state index contributed by atoms with van der Waals surface area (Å²) >= 11 is 0. The van der Waals surface area contributed by atoms with Crippen molar-refractivity contribution in [1.29, 1.82) is 0 Å². The fraction of sp³-hybridized carbons (Fsp3) is 0.136. The summed E-state index contributed by atoms with van der Waals surface area (Å²) in [6.07, 6.45) is -1.66. The molecule has 2 heterocycles. The molecule has 0 unspecified atom stereocenters. The Hall–Kier alpha value is -3.80. The van der Waals surface area contributed by atoms with E-state index in [4.69, 9.17) is 4.74 Å². The van der Waals surface area contributed by atoms with Gasteiger partial charge in [0.1, 0.15) is 17.8 Å². The number of benzene rings is 2. The first-order chi connectivity index (χ1) is 16.0. The monoisotopic (exact) mass is 495 g/mol. The number of alkyl halides is 3. The molecule has 0 saturated heterocycles. The van der Waals surface area contributed by atoms with E-state index in [1.54, 1.807) is 12.2 Å². The van der Waals surface area contributed by atoms with Crippen LogP contribution in [-0.4, -0.2) is 26.9 Å². The van der Waals surface area contributed by atoms with E-state index in [-0.39, 0.29) is 22.2 Å². The van der Waals surface area contributed by atoms with Crippen LogP contribution in [0.3, 0.4) is 0 Å². The summed E-state index contributed by atoms with van der Waals surface area (Å²) in [5.41, 5.74) is 0.779. The van der Waals surface area contributed by atoms with Crippen LogP contribution in [0.15, 0.2) is 70.4 Å². The number of nitrogens with zero attached hydrogens (tertiary/aromatic N) is 2. The van der Waals surface area contributed by atoms with Gasteiger partial charge in [-0.05, 0) is 35.9 Å². The maximum atomic E-state index is 14.6. The summed E-state index contributed by atoms with van der Waals surface area (Å²) in [7, 11) is -2.74. The number of allylic oxidation sites excluding steroid dienone is 1. The quantitative estimate of drug-likeness (QED) is 0.461. The minimum absolute atomic E-state index is 0.00225. The van der Waals surface area contributed by atoms with Crippen LogP contribution in [0.25, 0.3) is 6.08 Å². The summed E-state index contributed by atoms with van der Waals surface area (Å²) in [5.74, 6) is -1.07. The molecule has 0 spiro atoms. The number of aromatic nitrogens is 1. The Kier molecular flexibility index (Phi) is 5.86. The molecule has 0 atom stereocenters. The maximum absolute atomic E-state index is 14.6. The average molecular weight is 495 g/mol. The van der Waals surface area contributed by atoms with Gasteiger partial charge in [0.2, 0.25) is 0 Å². The number of fused-ring (bicyclic) bond motifs is 1. The van der Waals surface area contributed by atoms with E-state index < -0.39 is 34.0 Å². The molecule has 1 aliphatic heterocycles. The van der Waals surface area contributed by atoms with Crippen molar-refractivity contribution in [3.63, 3.8) is 0 Å². The van der Waals surface area contributed by atoms with Crippen molar-refractivity contribution in [2.45, 2.75) is 17.5 Å². The van der Waals surface area contributed by atoms with E-state index in [1.807, 2.05) is 0 Å². The molecule has 1 aromatic heterocycles. The molecular formula is C22H17F4N3O4S. The normalized spacial score (nSPS) is 13.7. The molecule has 3 aromatic rings. The van der Waals surface area contributed by atoms with Crippen molar-refractivity contribution in [2.24, 2.45) is 0 Å². The summed E-state index contributed by atoms with van der Waals surface area (Å²) in [6.45, 7) is 3.91. The van der Waals surface area contributed by atoms with Crippen molar-refractivity contribution < 1.29 is 35.2 Å². The summed E-state index contributed by atoms with van der Waals surface area (Å²) < 4.78 is 90.6. The Bertz CT molecular complexity index is 1380. The van der Waals surface area contributed by atoms with E-state index in [9.17, 15) is 26.0 Å². The van der Waals surface area contributed by atoms with Gasteiger partial charge in [-0.3, -0.25) is 4.72 Å². The molecular weight excluding hydrogens is 478 g/mol. The molecule has 0 saturated carbocycles. The molecule has 0 aliphatic carbocycles. The molecule has 0 amide bonds. The van der Waals surface area contributed by atoms with Crippen molar-refractivity contribution >= 4 is 33.3 Å². The third kappa shape index (κ3) is 4.62. The molecule has 0 bridgehead atoms. The van der Waals surface area contributed by atoms with Crippen LogP contribution >= 0.6 is 0 Å². The van der Waals surface area contributed by atoms with Crippen LogP contribution in [0.2, 0.25) is 0 Å². The lowest BCUT2D eigenvalue weighted by Gasteiger charge is -2.31. The van der Waals surface area contributed by atoms with Crippen LogP contribution in [0, 0.1) is 5.82 Å². The summed E-state index contributed by atoms with van der Waals surface area (Å²) in [6, 6.07) is 7.44. The number of rotatable bonds is 6. The highest BCUT2D eigenvalue weighted by Gasteiger charge is 2.31. The zero-order valence-electron chi connectivity index (χ0n) is 17.6. The molecule has 2 aromatic carbocycles. The average Bonchev–Trinajstić information content (AvgIpc) is 3.26. The first kappa shape index (κ1) is 23.4. The smallest absolute Gasteiger partial charge is 0.393 e. The first-order valence-corrected chi connectivity index (χ1v) is 11.1. The lowest BCUT2D eigenvalue weighted by atomic mass is 10.0. The van der Waals surface area contributed by atoms with Crippen LogP contribution in [0.5, 0.6) is 5.75 Å². The van der Waals surface area contributed by atoms with Crippen LogP contribution in [0.4, 0.5) is 34.8 Å². The number of nitrogens with one attached hydrogen (secondary N) is 1. The highest BCUT2D eigenvalue weighted by Crippen LogP contribution is 2.43. The predicted molar refractivity (Wildman–Crippen MR) is 117 cm³/mol. The lowest BCUT2D eigenvalue weighted by molar-refractivity contribution is -0.127. The van der Waals surface area contributed by atoms with Gasteiger partial charge >= 0.3 is 6.18 Å². The van der Waals surface area contributed by atoms with Crippen LogP contribution in [0.1, 0.15) is 11.1 Å². The zero-order chi connectivity index (χ0) is 24.7. The molecule has 0 radical (unpaired) electrons. The number of ether oxygens (including phenoxy) is 1.